The molecule has 0 spiro atoms. The number of aromatic hydroxyl groups is 3. The van der Waals surface area contributed by atoms with Crippen molar-refractivity contribution in [3.63, 3.8) is 0 Å². The number of aliphatic imine (C=N–C) groups is 2. The monoisotopic (exact) mass is 663 g/mol. The van der Waals surface area contributed by atoms with Crippen LogP contribution in [0.25, 0.3) is 0 Å². The van der Waals surface area contributed by atoms with Crippen molar-refractivity contribution >= 4 is 12.4 Å². The summed E-state index contributed by atoms with van der Waals surface area (Å²) in [7, 11) is 0. The Bertz CT molecular complexity index is 1560. The van der Waals surface area contributed by atoms with E-state index in [1.54, 1.807) is 0 Å². The molecule has 6 nitrogen and oxygen atoms in total. The van der Waals surface area contributed by atoms with E-state index in [1.807, 2.05) is 0 Å². The third-order valence-electron chi connectivity index (χ3n) is 7.07. The van der Waals surface area contributed by atoms with Crippen molar-refractivity contribution < 1.29 is 54.8 Å². The molecule has 0 aliphatic carbocycles. The first-order valence-electron chi connectivity index (χ1n) is 13.5. The molecule has 3 rings (SSSR count). The van der Waals surface area contributed by atoms with Crippen LogP contribution in [0, 0.1) is 20.8 Å². The smallest absolute Gasteiger partial charge is 0.416 e. The Morgan fingerprint density at radius 2 is 0.935 bits per heavy atom. The molecule has 0 amide bonds. The Labute approximate surface area is 258 Å². The first-order chi connectivity index (χ1) is 21.0. The molecule has 0 unspecified atom stereocenters. The Morgan fingerprint density at radius 1 is 0.587 bits per heavy atom. The van der Waals surface area contributed by atoms with Crippen molar-refractivity contribution in [2.75, 3.05) is 13.1 Å². The number of halogens is 9. The molecule has 3 aromatic carbocycles. The third-order valence-corrected chi connectivity index (χ3v) is 7.07. The van der Waals surface area contributed by atoms with Crippen molar-refractivity contribution in [1.29, 1.82) is 0 Å². The lowest BCUT2D eigenvalue weighted by Crippen LogP contribution is -2.47. The van der Waals surface area contributed by atoms with Crippen LogP contribution in [0.4, 0.5) is 39.5 Å². The average molecular weight is 664 g/mol. The molecule has 3 aromatic rings. The Kier molecular flexibility index (Phi) is 10.4. The number of benzene rings is 3. The first kappa shape index (κ1) is 36.2. The lowest BCUT2D eigenvalue weighted by atomic mass is 9.99. The first-order valence-corrected chi connectivity index (χ1v) is 13.5. The molecule has 0 atom stereocenters. The van der Waals surface area contributed by atoms with E-state index in [9.17, 15) is 54.8 Å². The summed E-state index contributed by atoms with van der Waals surface area (Å²) in [6.45, 7) is 4.27. The normalized spacial score (nSPS) is 14.4. The second-order valence-corrected chi connectivity index (χ2v) is 11.1. The highest BCUT2D eigenvalue weighted by molar-refractivity contribution is 5.85. The summed E-state index contributed by atoms with van der Waals surface area (Å²) in [4.78, 5) is 8.24. The zero-order valence-electron chi connectivity index (χ0n) is 24.9. The van der Waals surface area contributed by atoms with Gasteiger partial charge in [0, 0.05) is 35.7 Å². The number of aryl methyl sites for hydroxylation is 3. The van der Waals surface area contributed by atoms with Gasteiger partial charge in [-0.3, -0.25) is 9.98 Å². The van der Waals surface area contributed by atoms with Crippen LogP contribution in [0.5, 0.6) is 17.2 Å². The summed E-state index contributed by atoms with van der Waals surface area (Å²) in [6.07, 6.45) is -12.2. The van der Waals surface area contributed by atoms with E-state index >= 15 is 0 Å². The van der Waals surface area contributed by atoms with Crippen LogP contribution < -0.4 is 5.32 Å². The number of phenols is 3. The van der Waals surface area contributed by atoms with Gasteiger partial charge in [-0.05, 0) is 80.8 Å². The number of nitrogens with zero attached hydrogens (tertiary/aromatic N) is 2. The van der Waals surface area contributed by atoms with Crippen LogP contribution in [0.2, 0.25) is 0 Å². The van der Waals surface area contributed by atoms with Crippen LogP contribution in [0.1, 0.15) is 57.0 Å². The second-order valence-electron chi connectivity index (χ2n) is 11.1. The minimum Gasteiger partial charge on any atom is -0.507 e. The van der Waals surface area contributed by atoms with Gasteiger partial charge in [-0.1, -0.05) is 0 Å². The largest absolute Gasteiger partial charge is 0.507 e. The highest BCUT2D eigenvalue weighted by atomic mass is 19.4. The van der Waals surface area contributed by atoms with Gasteiger partial charge in [0.25, 0.3) is 0 Å². The lowest BCUT2D eigenvalue weighted by molar-refractivity contribution is -0.138. The van der Waals surface area contributed by atoms with E-state index in [2.05, 4.69) is 15.3 Å². The SMILES string of the molecule is Cc1cc(C(F)(F)F)cc(C=NCC(C)(CN=Cc2cc(C(F)(F)F)cc(C)c2O)NCc2cc(C(F)(F)F)cc(C)c2O)c1O. The molecule has 46 heavy (non-hydrogen) atoms. The maximum Gasteiger partial charge on any atom is 0.416 e. The van der Waals surface area contributed by atoms with Gasteiger partial charge in [0.2, 0.25) is 0 Å². The summed E-state index contributed by atoms with van der Waals surface area (Å²) in [6, 6.07) is 4.35. The molecule has 0 heterocycles. The highest BCUT2D eigenvalue weighted by Crippen LogP contribution is 2.36. The van der Waals surface area contributed by atoms with E-state index in [0.29, 0.717) is 12.1 Å². The van der Waals surface area contributed by atoms with Crippen LogP contribution in [-0.2, 0) is 25.1 Å². The van der Waals surface area contributed by atoms with Crippen molar-refractivity contribution in [3.8, 4) is 17.2 Å². The summed E-state index contributed by atoms with van der Waals surface area (Å²) < 4.78 is 120. The number of phenolic OH excluding ortho intramolecular Hbond substituents is 3. The topological polar surface area (TPSA) is 97.4 Å². The van der Waals surface area contributed by atoms with Crippen LogP contribution >= 0.6 is 0 Å². The number of alkyl halides is 9. The molecule has 250 valence electrons. The molecular weight excluding hydrogens is 633 g/mol. The van der Waals surface area contributed by atoms with E-state index in [4.69, 9.17) is 0 Å². The minimum atomic E-state index is -4.72. The highest BCUT2D eigenvalue weighted by Gasteiger charge is 2.34. The Morgan fingerprint density at radius 3 is 1.30 bits per heavy atom. The third kappa shape index (κ3) is 8.92. The zero-order chi connectivity index (χ0) is 34.8. The summed E-state index contributed by atoms with van der Waals surface area (Å²) in [5, 5.41) is 33.9. The standard InChI is InChI=1S/C31H30F9N3O3/c1-16-5-22(29(32,33)34)8-19(25(16)44)11-41-14-28(4,43-13-21-10-24(31(38,39)40)7-18(3)27(21)46)15-42-12-20-9-23(30(35,36)37)6-17(2)26(20)45/h5-12,43-46H,13-15H2,1-4H3. The zero-order valence-corrected chi connectivity index (χ0v) is 24.9. The fourth-order valence-corrected chi connectivity index (χ4v) is 4.45. The minimum absolute atomic E-state index is 0.0600. The van der Waals surface area contributed by atoms with Gasteiger partial charge >= 0.3 is 18.5 Å². The molecule has 0 fully saturated rings. The van der Waals surface area contributed by atoms with E-state index < -0.39 is 58.0 Å². The van der Waals surface area contributed by atoms with Gasteiger partial charge < -0.3 is 20.6 Å². The molecule has 0 saturated carbocycles. The van der Waals surface area contributed by atoms with Gasteiger partial charge in [0.1, 0.15) is 17.2 Å². The number of hydrogen-bond donors (Lipinski definition) is 4. The summed E-state index contributed by atoms with van der Waals surface area (Å²) >= 11 is 0. The average Bonchev–Trinajstić information content (AvgIpc) is 2.92. The van der Waals surface area contributed by atoms with Crippen molar-refractivity contribution in [3.05, 3.63) is 86.5 Å². The lowest BCUT2D eigenvalue weighted by Gasteiger charge is -2.28. The van der Waals surface area contributed by atoms with Crippen molar-refractivity contribution in [2.24, 2.45) is 9.98 Å². The van der Waals surface area contributed by atoms with Crippen LogP contribution in [0.3, 0.4) is 0 Å². The molecular formula is C31H30F9N3O3. The Hall–Kier alpha value is -4.27. The number of hydrogen-bond acceptors (Lipinski definition) is 6. The van der Waals surface area contributed by atoms with Crippen molar-refractivity contribution in [1.82, 2.24) is 5.32 Å². The molecule has 0 aliphatic rings. The molecule has 0 aromatic heterocycles. The fourth-order valence-electron chi connectivity index (χ4n) is 4.45. The van der Waals surface area contributed by atoms with E-state index in [-0.39, 0.29) is 53.0 Å². The van der Waals surface area contributed by atoms with E-state index in [1.165, 1.54) is 27.7 Å². The van der Waals surface area contributed by atoms with Gasteiger partial charge in [-0.2, -0.15) is 39.5 Å². The fraction of sp³-hybridized carbons (Fsp3) is 0.355. The van der Waals surface area contributed by atoms with Crippen LogP contribution in [-0.4, -0.2) is 46.4 Å². The van der Waals surface area contributed by atoms with Crippen molar-refractivity contribution in [2.45, 2.75) is 58.3 Å². The molecule has 0 radical (unpaired) electrons. The second kappa shape index (κ2) is 13.2. The van der Waals surface area contributed by atoms with Crippen LogP contribution in [0.15, 0.2) is 46.4 Å². The predicted octanol–water partition coefficient (Wildman–Crippen LogP) is 7.87. The molecule has 0 saturated heterocycles. The maximum absolute atomic E-state index is 13.4. The Balaban J connectivity index is 1.98. The summed E-state index contributed by atoms with van der Waals surface area (Å²) in [5.74, 6) is -1.36. The molecule has 0 aliphatic heterocycles. The summed E-state index contributed by atoms with van der Waals surface area (Å²) in [5.41, 5.74) is -5.34. The number of nitrogens with one attached hydrogen (secondary N) is 1. The molecule has 0 bridgehead atoms. The van der Waals surface area contributed by atoms with Gasteiger partial charge in [-0.15, -0.1) is 0 Å². The van der Waals surface area contributed by atoms with Gasteiger partial charge in [-0.25, -0.2) is 0 Å². The van der Waals surface area contributed by atoms with Gasteiger partial charge in [0.05, 0.1) is 35.3 Å². The molecule has 4 N–H and O–H groups in total. The van der Waals surface area contributed by atoms with Gasteiger partial charge in [0.15, 0.2) is 0 Å². The molecule has 15 heteroatoms. The number of rotatable bonds is 9. The maximum atomic E-state index is 13.4. The quantitative estimate of drug-likeness (QED) is 0.138. The predicted molar refractivity (Wildman–Crippen MR) is 154 cm³/mol. The van der Waals surface area contributed by atoms with E-state index in [0.717, 1.165) is 36.7 Å².